The van der Waals surface area contributed by atoms with Crippen LogP contribution >= 0.6 is 0 Å². The lowest BCUT2D eigenvalue weighted by Gasteiger charge is -2.40. The Hall–Kier alpha value is -3.84. The maximum atomic E-state index is 13.1. The molecule has 0 saturated carbocycles. The van der Waals surface area contributed by atoms with Gasteiger partial charge in [-0.3, -0.25) is 14.4 Å². The molecule has 0 aromatic heterocycles. The first-order valence-electron chi connectivity index (χ1n) is 27.9. The molecule has 1 heterocycles. The van der Waals surface area contributed by atoms with E-state index in [0.717, 1.165) is 116 Å². The van der Waals surface area contributed by atoms with Crippen LogP contribution in [0, 0.1) is 0 Å². The summed E-state index contributed by atoms with van der Waals surface area (Å²) >= 11 is 0. The molecular weight excluding hydrogens is 901 g/mol. The molecule has 0 aromatic carbocycles. The van der Waals surface area contributed by atoms with E-state index >= 15 is 0 Å². The van der Waals surface area contributed by atoms with Gasteiger partial charge in [-0.1, -0.05) is 196 Å². The Morgan fingerprint density at radius 3 is 1.42 bits per heavy atom. The highest BCUT2D eigenvalue weighted by Gasteiger charge is 2.50. The highest BCUT2D eigenvalue weighted by atomic mass is 16.7. The first-order chi connectivity index (χ1) is 34.6. The van der Waals surface area contributed by atoms with Gasteiger partial charge in [0.05, 0.1) is 6.61 Å². The van der Waals surface area contributed by atoms with Gasteiger partial charge in [0.25, 0.3) is 0 Å². The summed E-state index contributed by atoms with van der Waals surface area (Å²) in [5.41, 5.74) is 0. The maximum Gasteiger partial charge on any atom is 0.335 e. The Bertz CT molecular complexity index is 1510. The minimum atomic E-state index is -1.91. The number of aliphatic hydroxyl groups excluding tert-OH is 2. The Morgan fingerprint density at radius 2 is 0.901 bits per heavy atom. The molecule has 3 N–H and O–H groups in total. The minimum absolute atomic E-state index is 0.0566. The predicted octanol–water partition coefficient (Wildman–Crippen LogP) is 13.8. The first-order valence-corrected chi connectivity index (χ1v) is 27.9. The number of ether oxygens (including phenoxy) is 5. The van der Waals surface area contributed by atoms with Crippen LogP contribution in [-0.4, -0.2) is 89.2 Å². The summed E-state index contributed by atoms with van der Waals surface area (Å²) in [6.45, 7) is 5.77. The molecule has 1 rings (SSSR count). The third-order valence-electron chi connectivity index (χ3n) is 12.3. The van der Waals surface area contributed by atoms with Crippen LogP contribution in [0.3, 0.4) is 0 Å². The molecule has 12 heteroatoms. The zero-order valence-electron chi connectivity index (χ0n) is 44.4. The van der Waals surface area contributed by atoms with E-state index < -0.39 is 67.3 Å². The molecule has 0 bridgehead atoms. The normalized spacial score (nSPS) is 19.0. The van der Waals surface area contributed by atoms with E-state index in [9.17, 15) is 34.5 Å². The van der Waals surface area contributed by atoms with Crippen LogP contribution in [-0.2, 0) is 42.9 Å². The molecule has 1 saturated heterocycles. The zero-order valence-corrected chi connectivity index (χ0v) is 44.4. The highest BCUT2D eigenvalue weighted by Crippen LogP contribution is 2.26. The maximum absolute atomic E-state index is 13.1. The summed E-state index contributed by atoms with van der Waals surface area (Å²) in [6, 6.07) is 0. The molecule has 71 heavy (non-hydrogen) atoms. The summed E-state index contributed by atoms with van der Waals surface area (Å²) in [4.78, 5) is 50.9. The van der Waals surface area contributed by atoms with Crippen molar-refractivity contribution in [3.05, 3.63) is 72.9 Å². The van der Waals surface area contributed by atoms with Crippen LogP contribution in [0.1, 0.15) is 226 Å². The Balaban J connectivity index is 2.71. The number of aliphatic hydroxyl groups is 2. The van der Waals surface area contributed by atoms with Gasteiger partial charge in [0.15, 0.2) is 24.6 Å². The molecule has 6 atom stereocenters. The van der Waals surface area contributed by atoms with E-state index in [4.69, 9.17) is 23.7 Å². The number of hydrogen-bond acceptors (Lipinski definition) is 11. The van der Waals surface area contributed by atoms with Gasteiger partial charge in [0, 0.05) is 19.3 Å². The predicted molar refractivity (Wildman–Crippen MR) is 285 cm³/mol. The number of hydrogen-bond donors (Lipinski definition) is 3. The van der Waals surface area contributed by atoms with Crippen molar-refractivity contribution in [2.75, 3.05) is 13.2 Å². The quantitative estimate of drug-likeness (QED) is 0.0228. The van der Waals surface area contributed by atoms with Crippen molar-refractivity contribution in [2.45, 2.75) is 263 Å². The first kappa shape index (κ1) is 65.2. The van der Waals surface area contributed by atoms with Crippen molar-refractivity contribution in [1.29, 1.82) is 0 Å². The number of unbranched alkanes of at least 4 members (excludes halogenated alkanes) is 20. The third-order valence-corrected chi connectivity index (χ3v) is 12.3. The number of aliphatic carboxylic acids is 1. The fourth-order valence-corrected chi connectivity index (χ4v) is 7.96. The third kappa shape index (κ3) is 37.6. The zero-order chi connectivity index (χ0) is 51.8. The van der Waals surface area contributed by atoms with Crippen molar-refractivity contribution in [3.8, 4) is 0 Å². The van der Waals surface area contributed by atoms with Crippen molar-refractivity contribution >= 4 is 23.9 Å². The fraction of sp³-hybridized carbons (Fsp3) is 0.729. The number of rotatable bonds is 46. The summed E-state index contributed by atoms with van der Waals surface area (Å²) in [6.07, 6.45) is 46.0. The van der Waals surface area contributed by atoms with Crippen LogP contribution in [0.5, 0.6) is 0 Å². The second kappa shape index (κ2) is 47.2. The van der Waals surface area contributed by atoms with Gasteiger partial charge in [-0.2, -0.15) is 0 Å². The second-order valence-electron chi connectivity index (χ2n) is 18.8. The van der Waals surface area contributed by atoms with Gasteiger partial charge in [0.1, 0.15) is 18.8 Å². The molecule has 0 radical (unpaired) electrons. The van der Waals surface area contributed by atoms with E-state index in [1.54, 1.807) is 0 Å². The number of carboxylic acid groups (broad SMARTS) is 1. The SMILES string of the molecule is CC/C=C\C/C=C\C/C=C\C/C=C\C/C=C\CCCCCC(=O)OCC(COC1OC(C(=O)O)C(O)C(O)C1OC(=O)CCCCCCCCCCCCC)OC(=O)CCCCCCC/C=C\CCCC. The summed E-state index contributed by atoms with van der Waals surface area (Å²) in [5.74, 6) is -3.17. The number of allylic oxidation sites excluding steroid dienone is 12. The van der Waals surface area contributed by atoms with Crippen molar-refractivity contribution < 1.29 is 58.2 Å². The van der Waals surface area contributed by atoms with Gasteiger partial charge in [-0.05, 0) is 83.5 Å². The molecule has 1 aliphatic rings. The average molecular weight is 999 g/mol. The van der Waals surface area contributed by atoms with E-state index in [0.29, 0.717) is 19.3 Å². The molecule has 0 aromatic rings. The molecular formula is C59H98O12. The van der Waals surface area contributed by atoms with Gasteiger partial charge in [0.2, 0.25) is 0 Å². The molecule has 6 unspecified atom stereocenters. The Morgan fingerprint density at radius 1 is 0.479 bits per heavy atom. The van der Waals surface area contributed by atoms with Gasteiger partial charge < -0.3 is 39.0 Å². The largest absolute Gasteiger partial charge is 0.479 e. The number of carbonyl (C=O) groups excluding carboxylic acids is 3. The van der Waals surface area contributed by atoms with Crippen LogP contribution in [0.15, 0.2) is 72.9 Å². The van der Waals surface area contributed by atoms with E-state index in [1.165, 1.54) is 51.4 Å². The molecule has 1 fully saturated rings. The van der Waals surface area contributed by atoms with Gasteiger partial charge in [-0.15, -0.1) is 0 Å². The lowest BCUT2D eigenvalue weighted by molar-refractivity contribution is -0.301. The molecule has 0 aliphatic carbocycles. The van der Waals surface area contributed by atoms with Crippen molar-refractivity contribution in [3.63, 3.8) is 0 Å². The molecule has 12 nitrogen and oxygen atoms in total. The van der Waals surface area contributed by atoms with Crippen LogP contribution in [0.4, 0.5) is 0 Å². The summed E-state index contributed by atoms with van der Waals surface area (Å²) < 4.78 is 28.3. The second-order valence-corrected chi connectivity index (χ2v) is 18.8. The monoisotopic (exact) mass is 999 g/mol. The minimum Gasteiger partial charge on any atom is -0.479 e. The summed E-state index contributed by atoms with van der Waals surface area (Å²) in [5, 5.41) is 31.4. The number of carbonyl (C=O) groups is 4. The van der Waals surface area contributed by atoms with E-state index in [2.05, 4.69) is 93.7 Å². The lowest BCUT2D eigenvalue weighted by Crippen LogP contribution is -2.61. The Kier molecular flexibility index (Phi) is 43.3. The van der Waals surface area contributed by atoms with Crippen molar-refractivity contribution in [2.24, 2.45) is 0 Å². The lowest BCUT2D eigenvalue weighted by atomic mass is 9.98. The molecule has 406 valence electrons. The van der Waals surface area contributed by atoms with E-state index in [-0.39, 0.29) is 25.9 Å². The van der Waals surface area contributed by atoms with Gasteiger partial charge >= 0.3 is 23.9 Å². The number of esters is 3. The van der Waals surface area contributed by atoms with Gasteiger partial charge in [-0.25, -0.2) is 4.79 Å². The van der Waals surface area contributed by atoms with Crippen molar-refractivity contribution in [1.82, 2.24) is 0 Å². The Labute approximate surface area is 429 Å². The van der Waals surface area contributed by atoms with Crippen LogP contribution in [0.25, 0.3) is 0 Å². The highest BCUT2D eigenvalue weighted by molar-refractivity contribution is 5.74. The van der Waals surface area contributed by atoms with Crippen LogP contribution < -0.4 is 0 Å². The molecule has 0 amide bonds. The average Bonchev–Trinajstić information content (AvgIpc) is 3.35. The fourth-order valence-electron chi connectivity index (χ4n) is 7.96. The summed E-state index contributed by atoms with van der Waals surface area (Å²) in [7, 11) is 0. The smallest absolute Gasteiger partial charge is 0.335 e. The van der Waals surface area contributed by atoms with Crippen LogP contribution in [0.2, 0.25) is 0 Å². The molecule has 0 spiro atoms. The molecule has 1 aliphatic heterocycles. The van der Waals surface area contributed by atoms with E-state index in [1.807, 2.05) is 0 Å². The standard InChI is InChI=1S/C59H98O12/c1-4-7-10-13-16-19-22-23-24-25-26-27-28-29-32-33-36-39-42-45-51(60)67-48-50(69-52(61)46-43-40-37-34-30-20-17-14-11-8-5-2)49-68-59-57(55(64)54(63)56(71-59)58(65)66)70-53(62)47-44-41-38-35-31-21-18-15-12-9-6-3/h7,10,14,16-17,19,23-24,26-27,29,32,50,54-57,59,63-64H,4-6,8-9,11-13,15,18,20-22,25,28,30-31,33-49H2,1-3H3,(H,65,66)/b10-7-,17-14-,19-16-,24-23-,27-26-,32-29-. The number of carboxylic acids is 1. The topological polar surface area (TPSA) is 175 Å².